The smallest absolute Gasteiger partial charge is 0.309 e. The number of rotatable bonds is 12. The Morgan fingerprint density at radius 1 is 1.03 bits per heavy atom. The Morgan fingerprint density at radius 2 is 1.68 bits per heavy atom. The van der Waals surface area contributed by atoms with Gasteiger partial charge in [-0.15, -0.1) is 0 Å². The Labute approximate surface area is 237 Å². The molecule has 0 aromatic heterocycles. The Morgan fingerprint density at radius 3 is 2.29 bits per heavy atom. The van der Waals surface area contributed by atoms with Crippen LogP contribution in [0.1, 0.15) is 103 Å². The van der Waals surface area contributed by atoms with E-state index in [1.807, 2.05) is 51.1 Å². The highest BCUT2D eigenvalue weighted by molar-refractivity contribution is 9.09. The van der Waals surface area contributed by atoms with E-state index in [-0.39, 0.29) is 35.7 Å². The zero-order valence-electron chi connectivity index (χ0n) is 23.4. The van der Waals surface area contributed by atoms with Crippen molar-refractivity contribution in [2.75, 3.05) is 5.33 Å². The quantitative estimate of drug-likeness (QED) is 0.163. The molecule has 6 nitrogen and oxygen atoms in total. The summed E-state index contributed by atoms with van der Waals surface area (Å²) in [6, 6.07) is 9.78. The molecule has 1 N–H and O–H groups in total. The summed E-state index contributed by atoms with van der Waals surface area (Å²) in [6.45, 7) is 5.98. The summed E-state index contributed by atoms with van der Waals surface area (Å²) in [4.78, 5) is 39.4. The Bertz CT molecular complexity index is 899. The maximum absolute atomic E-state index is 13.7. The lowest BCUT2D eigenvalue weighted by Crippen LogP contribution is -2.47. The number of ether oxygens (including phenoxy) is 2. The molecule has 0 radical (unpaired) electrons. The summed E-state index contributed by atoms with van der Waals surface area (Å²) < 4.78 is 11.3. The van der Waals surface area contributed by atoms with Crippen molar-refractivity contribution in [3.63, 3.8) is 0 Å². The molecule has 0 bridgehead atoms. The largest absolute Gasteiger partial charge is 0.461 e. The van der Waals surface area contributed by atoms with Crippen LogP contribution in [0, 0.1) is 17.3 Å². The van der Waals surface area contributed by atoms with Crippen molar-refractivity contribution in [2.24, 2.45) is 17.3 Å². The average molecular weight is 593 g/mol. The fourth-order valence-electron chi connectivity index (χ4n) is 5.88. The third kappa shape index (κ3) is 9.39. The molecule has 1 unspecified atom stereocenters. The van der Waals surface area contributed by atoms with Crippen molar-refractivity contribution >= 4 is 33.8 Å². The van der Waals surface area contributed by atoms with Crippen LogP contribution in [-0.4, -0.2) is 34.8 Å². The number of esters is 2. The SMILES string of the molecule is CC(C)(C)OC(=O)C(CCCCBr)CC1(C(=O)NC2CCC(C(=O)OCc3ccccc3)CC2)CCCC1. The van der Waals surface area contributed by atoms with Gasteiger partial charge in [0.05, 0.1) is 17.3 Å². The summed E-state index contributed by atoms with van der Waals surface area (Å²) in [5.74, 6) is -0.625. The second-order valence-corrected chi connectivity index (χ2v) is 13.0. The fraction of sp³-hybridized carbons (Fsp3) is 0.710. The van der Waals surface area contributed by atoms with Gasteiger partial charge in [-0.2, -0.15) is 0 Å². The molecular weight excluding hydrogens is 546 g/mol. The standard InChI is InChI=1S/C31H46BrNO5/c1-30(2,3)38-28(35)25(13-7-10-20-32)21-31(18-8-9-19-31)29(36)33-26-16-14-24(15-17-26)27(34)37-22-23-11-5-4-6-12-23/h4-6,11-12,24-26H,7-10,13-22H2,1-3H3,(H,33,36). The Kier molecular flexibility index (Phi) is 11.7. The van der Waals surface area contributed by atoms with Crippen LogP contribution in [0.2, 0.25) is 0 Å². The van der Waals surface area contributed by atoms with Gasteiger partial charge >= 0.3 is 11.9 Å². The van der Waals surface area contributed by atoms with Crippen LogP contribution in [0.4, 0.5) is 0 Å². The number of carbonyl (C=O) groups is 3. The minimum atomic E-state index is -0.545. The number of benzene rings is 1. The van der Waals surface area contributed by atoms with E-state index in [1.54, 1.807) is 0 Å². The summed E-state index contributed by atoms with van der Waals surface area (Å²) in [6.07, 6.45) is 9.86. The van der Waals surface area contributed by atoms with E-state index >= 15 is 0 Å². The monoisotopic (exact) mass is 591 g/mol. The molecular formula is C31H46BrNO5. The summed E-state index contributed by atoms with van der Waals surface area (Å²) in [5, 5.41) is 4.23. The molecule has 0 spiro atoms. The van der Waals surface area contributed by atoms with E-state index in [9.17, 15) is 14.4 Å². The van der Waals surface area contributed by atoms with Crippen molar-refractivity contribution in [1.29, 1.82) is 0 Å². The first-order valence-corrected chi connectivity index (χ1v) is 15.5. The lowest BCUT2D eigenvalue weighted by Gasteiger charge is -2.35. The van der Waals surface area contributed by atoms with Gasteiger partial charge in [-0.05, 0) is 84.1 Å². The van der Waals surface area contributed by atoms with Crippen molar-refractivity contribution in [3.8, 4) is 0 Å². The molecule has 0 heterocycles. The van der Waals surface area contributed by atoms with Gasteiger partial charge in [0.25, 0.3) is 0 Å². The maximum Gasteiger partial charge on any atom is 0.309 e. The zero-order valence-corrected chi connectivity index (χ0v) is 25.0. The molecule has 3 rings (SSSR count). The summed E-state index contributed by atoms with van der Waals surface area (Å²) in [7, 11) is 0. The number of hydrogen-bond donors (Lipinski definition) is 1. The molecule has 212 valence electrons. The highest BCUT2D eigenvalue weighted by atomic mass is 79.9. The third-order valence-corrected chi connectivity index (χ3v) is 8.54. The zero-order chi connectivity index (χ0) is 27.6. The van der Waals surface area contributed by atoms with Crippen LogP contribution in [-0.2, 0) is 30.5 Å². The van der Waals surface area contributed by atoms with Crippen LogP contribution in [0.3, 0.4) is 0 Å². The highest BCUT2D eigenvalue weighted by Crippen LogP contribution is 2.45. The molecule has 7 heteroatoms. The second-order valence-electron chi connectivity index (χ2n) is 12.2. The van der Waals surface area contributed by atoms with Crippen LogP contribution in [0.25, 0.3) is 0 Å². The number of carbonyl (C=O) groups excluding carboxylic acids is 3. The molecule has 0 saturated heterocycles. The van der Waals surface area contributed by atoms with Gasteiger partial charge in [0.15, 0.2) is 0 Å². The predicted octanol–water partition coefficient (Wildman–Crippen LogP) is 6.88. The molecule has 1 aromatic rings. The predicted molar refractivity (Wildman–Crippen MR) is 153 cm³/mol. The molecule has 1 atom stereocenters. The van der Waals surface area contributed by atoms with E-state index < -0.39 is 11.0 Å². The van der Waals surface area contributed by atoms with Crippen molar-refractivity contribution < 1.29 is 23.9 Å². The van der Waals surface area contributed by atoms with Gasteiger partial charge in [-0.3, -0.25) is 14.4 Å². The van der Waals surface area contributed by atoms with Gasteiger partial charge in [0, 0.05) is 11.4 Å². The van der Waals surface area contributed by atoms with Gasteiger partial charge < -0.3 is 14.8 Å². The minimum absolute atomic E-state index is 0.0616. The first-order chi connectivity index (χ1) is 18.1. The van der Waals surface area contributed by atoms with E-state index in [4.69, 9.17) is 9.47 Å². The van der Waals surface area contributed by atoms with Gasteiger partial charge in [-0.25, -0.2) is 0 Å². The van der Waals surface area contributed by atoms with Crippen molar-refractivity contribution in [1.82, 2.24) is 5.32 Å². The Balaban J connectivity index is 1.55. The topological polar surface area (TPSA) is 81.7 Å². The number of alkyl halides is 1. The second kappa shape index (κ2) is 14.5. The van der Waals surface area contributed by atoms with Crippen LogP contribution < -0.4 is 5.32 Å². The third-order valence-electron chi connectivity index (χ3n) is 7.98. The molecule has 2 fully saturated rings. The summed E-state index contributed by atoms with van der Waals surface area (Å²) >= 11 is 3.49. The summed E-state index contributed by atoms with van der Waals surface area (Å²) in [5.41, 5.74) is -0.0708. The van der Waals surface area contributed by atoms with E-state index in [1.165, 1.54) is 0 Å². The van der Waals surface area contributed by atoms with Gasteiger partial charge in [0.2, 0.25) is 5.91 Å². The maximum atomic E-state index is 13.7. The van der Waals surface area contributed by atoms with Gasteiger partial charge in [-0.1, -0.05) is 65.5 Å². The number of halogens is 1. The fourth-order valence-corrected chi connectivity index (χ4v) is 6.28. The Hall–Kier alpha value is -1.89. The lowest BCUT2D eigenvalue weighted by molar-refractivity contribution is -0.162. The minimum Gasteiger partial charge on any atom is -0.461 e. The van der Waals surface area contributed by atoms with Crippen molar-refractivity contribution in [2.45, 2.75) is 116 Å². The highest BCUT2D eigenvalue weighted by Gasteiger charge is 2.45. The first kappa shape index (κ1) is 30.6. The molecule has 0 aliphatic heterocycles. The molecule has 1 aromatic carbocycles. The first-order valence-electron chi connectivity index (χ1n) is 14.4. The van der Waals surface area contributed by atoms with E-state index in [0.717, 1.165) is 81.5 Å². The number of nitrogens with one attached hydrogen (secondary N) is 1. The molecule has 1 amide bonds. The lowest BCUT2D eigenvalue weighted by atomic mass is 9.75. The van der Waals surface area contributed by atoms with E-state index in [0.29, 0.717) is 13.0 Å². The number of unbranched alkanes of at least 4 members (excludes halogenated alkanes) is 1. The molecule has 2 saturated carbocycles. The molecule has 38 heavy (non-hydrogen) atoms. The normalized spacial score (nSPS) is 21.9. The van der Waals surface area contributed by atoms with Crippen LogP contribution in [0.5, 0.6) is 0 Å². The average Bonchev–Trinajstić information content (AvgIpc) is 3.37. The van der Waals surface area contributed by atoms with E-state index in [2.05, 4.69) is 21.2 Å². The number of amides is 1. The molecule has 2 aliphatic carbocycles. The van der Waals surface area contributed by atoms with Crippen LogP contribution in [0.15, 0.2) is 30.3 Å². The van der Waals surface area contributed by atoms with Crippen molar-refractivity contribution in [3.05, 3.63) is 35.9 Å². The number of hydrogen-bond acceptors (Lipinski definition) is 5. The molecule has 2 aliphatic rings. The van der Waals surface area contributed by atoms with Crippen LogP contribution >= 0.6 is 15.9 Å². The van der Waals surface area contributed by atoms with Gasteiger partial charge in [0.1, 0.15) is 12.2 Å².